The third-order valence-corrected chi connectivity index (χ3v) is 1.72. The summed E-state index contributed by atoms with van der Waals surface area (Å²) >= 11 is 0. The van der Waals surface area contributed by atoms with Gasteiger partial charge in [-0.15, -0.1) is 6.42 Å². The Bertz CT molecular complexity index is 322. The van der Waals surface area contributed by atoms with Crippen LogP contribution in [0.25, 0.3) is 0 Å². The van der Waals surface area contributed by atoms with E-state index >= 15 is 0 Å². The van der Waals surface area contributed by atoms with E-state index in [-0.39, 0.29) is 5.54 Å². The topological polar surface area (TPSA) is 51.0 Å². The zero-order valence-electron chi connectivity index (χ0n) is 8.09. The number of hydrogen-bond acceptors (Lipinski definition) is 4. The lowest BCUT2D eigenvalue weighted by atomic mass is 10.1. The summed E-state index contributed by atoms with van der Waals surface area (Å²) < 4.78 is 4.88. The molecule has 0 amide bonds. The second-order valence-electron chi connectivity index (χ2n) is 3.32. The smallest absolute Gasteiger partial charge is 0.223 e. The molecule has 0 aliphatic rings. The molecule has 0 bridgehead atoms. The number of aromatic nitrogens is 2. The number of rotatable bonds is 3. The van der Waals surface area contributed by atoms with E-state index in [4.69, 9.17) is 10.9 Å². The highest BCUT2D eigenvalue weighted by atomic mass is 16.5. The van der Waals surface area contributed by atoms with Gasteiger partial charge in [0.15, 0.2) is 5.82 Å². The Morgan fingerprint density at radius 2 is 2.31 bits per heavy atom. The van der Waals surface area contributed by atoms with Gasteiger partial charge in [-0.05, 0) is 13.8 Å². The molecular formula is C9H13N3O. The lowest BCUT2D eigenvalue weighted by Crippen LogP contribution is -2.37. The molecule has 0 radical (unpaired) electrons. The van der Waals surface area contributed by atoms with E-state index in [0.717, 1.165) is 0 Å². The fraction of sp³-hybridized carbons (Fsp3) is 0.556. The molecule has 13 heavy (non-hydrogen) atoms. The van der Waals surface area contributed by atoms with Crippen LogP contribution in [0.2, 0.25) is 0 Å². The first-order valence-corrected chi connectivity index (χ1v) is 4.05. The molecule has 1 rings (SSSR count). The Morgan fingerprint density at radius 1 is 1.62 bits per heavy atom. The Morgan fingerprint density at radius 3 is 2.77 bits per heavy atom. The molecule has 0 aliphatic heterocycles. The minimum absolute atomic E-state index is 0.343. The van der Waals surface area contributed by atoms with Crippen molar-refractivity contribution in [3.8, 4) is 12.3 Å². The predicted molar refractivity (Wildman–Crippen MR) is 48.9 cm³/mol. The highest BCUT2D eigenvalue weighted by molar-refractivity contribution is 5.02. The average Bonchev–Trinajstić information content (AvgIpc) is 2.49. The lowest BCUT2D eigenvalue weighted by Gasteiger charge is -2.20. The van der Waals surface area contributed by atoms with E-state index in [1.807, 2.05) is 13.8 Å². The monoisotopic (exact) mass is 179 g/mol. The van der Waals surface area contributed by atoms with Crippen LogP contribution in [-0.4, -0.2) is 16.7 Å². The summed E-state index contributed by atoms with van der Waals surface area (Å²) in [7, 11) is 0. The fourth-order valence-corrected chi connectivity index (χ4v) is 0.904. The first kappa shape index (κ1) is 9.75. The third kappa shape index (κ3) is 2.30. The second-order valence-corrected chi connectivity index (χ2v) is 3.32. The molecule has 0 saturated carbocycles. The molecule has 70 valence electrons. The van der Waals surface area contributed by atoms with Gasteiger partial charge >= 0.3 is 0 Å². The van der Waals surface area contributed by atoms with Crippen molar-refractivity contribution in [2.45, 2.75) is 26.3 Å². The number of nitrogens with zero attached hydrogens (tertiary/aromatic N) is 2. The summed E-state index contributed by atoms with van der Waals surface area (Å²) in [5, 5.41) is 6.94. The molecule has 0 atom stereocenters. The molecule has 1 aromatic heterocycles. The van der Waals surface area contributed by atoms with E-state index < -0.39 is 0 Å². The highest BCUT2D eigenvalue weighted by Crippen LogP contribution is 2.15. The van der Waals surface area contributed by atoms with Gasteiger partial charge in [-0.25, -0.2) is 0 Å². The Labute approximate surface area is 77.7 Å². The van der Waals surface area contributed by atoms with Crippen LogP contribution in [-0.2, 0) is 5.54 Å². The molecule has 0 aliphatic carbocycles. The Balaban J connectivity index is 2.75. The average molecular weight is 179 g/mol. The highest BCUT2D eigenvalue weighted by Gasteiger charge is 2.24. The quantitative estimate of drug-likeness (QED) is 0.698. The van der Waals surface area contributed by atoms with Crippen LogP contribution < -0.4 is 5.32 Å². The summed E-state index contributed by atoms with van der Waals surface area (Å²) in [6.07, 6.45) is 5.14. The molecule has 4 nitrogen and oxygen atoms in total. The van der Waals surface area contributed by atoms with Crippen molar-refractivity contribution in [1.82, 2.24) is 15.5 Å². The second kappa shape index (κ2) is 3.58. The molecule has 0 saturated heterocycles. The summed E-state index contributed by atoms with van der Waals surface area (Å²) in [5.74, 6) is 3.69. The lowest BCUT2D eigenvalue weighted by molar-refractivity contribution is 0.347. The maximum Gasteiger partial charge on any atom is 0.223 e. The SMILES string of the molecule is C#CCNC(C)(C)c1noc(C)n1. The standard InChI is InChI=1S/C9H13N3O/c1-5-6-10-9(3,4)8-11-7(2)13-12-8/h1,10H,6H2,2-4H3. The minimum atomic E-state index is -0.343. The first-order chi connectivity index (χ1) is 6.06. The molecule has 4 heteroatoms. The predicted octanol–water partition coefficient (Wildman–Crippen LogP) is 0.836. The van der Waals surface area contributed by atoms with Gasteiger partial charge in [0.2, 0.25) is 5.89 Å². The van der Waals surface area contributed by atoms with Crippen LogP contribution in [0.4, 0.5) is 0 Å². The van der Waals surface area contributed by atoms with Crippen LogP contribution in [0.1, 0.15) is 25.6 Å². The van der Waals surface area contributed by atoms with Crippen molar-refractivity contribution in [1.29, 1.82) is 0 Å². The molecule has 1 aromatic rings. The van der Waals surface area contributed by atoms with Gasteiger partial charge in [-0.1, -0.05) is 11.1 Å². The zero-order valence-corrected chi connectivity index (χ0v) is 8.09. The first-order valence-electron chi connectivity index (χ1n) is 4.05. The summed E-state index contributed by atoms with van der Waals surface area (Å²) in [6.45, 7) is 6.15. The number of nitrogens with one attached hydrogen (secondary N) is 1. The van der Waals surface area contributed by atoms with Crippen molar-refractivity contribution < 1.29 is 4.52 Å². The van der Waals surface area contributed by atoms with Gasteiger partial charge < -0.3 is 4.52 Å². The molecule has 0 unspecified atom stereocenters. The molecule has 1 N–H and O–H groups in total. The van der Waals surface area contributed by atoms with Gasteiger partial charge in [0, 0.05) is 6.92 Å². The van der Waals surface area contributed by atoms with Crippen LogP contribution in [0.5, 0.6) is 0 Å². The van der Waals surface area contributed by atoms with Gasteiger partial charge in [-0.2, -0.15) is 4.98 Å². The van der Waals surface area contributed by atoms with E-state index in [9.17, 15) is 0 Å². The summed E-state index contributed by atoms with van der Waals surface area (Å²) in [5.41, 5.74) is -0.343. The zero-order chi connectivity index (χ0) is 9.90. The number of hydrogen-bond donors (Lipinski definition) is 1. The third-order valence-electron chi connectivity index (χ3n) is 1.72. The molecule has 1 heterocycles. The Hall–Kier alpha value is -1.34. The van der Waals surface area contributed by atoms with Crippen LogP contribution in [0.3, 0.4) is 0 Å². The van der Waals surface area contributed by atoms with Crippen LogP contribution in [0, 0.1) is 19.3 Å². The van der Waals surface area contributed by atoms with Gasteiger partial charge in [0.1, 0.15) is 0 Å². The van der Waals surface area contributed by atoms with Gasteiger partial charge in [-0.3, -0.25) is 5.32 Å². The number of aryl methyl sites for hydroxylation is 1. The largest absolute Gasteiger partial charge is 0.340 e. The normalized spacial score (nSPS) is 11.2. The van der Waals surface area contributed by atoms with Gasteiger partial charge in [0.05, 0.1) is 12.1 Å². The molecular weight excluding hydrogens is 166 g/mol. The maximum absolute atomic E-state index is 5.14. The van der Waals surface area contributed by atoms with E-state index in [1.165, 1.54) is 0 Å². The van der Waals surface area contributed by atoms with Crippen LogP contribution in [0.15, 0.2) is 4.52 Å². The van der Waals surface area contributed by atoms with Crippen molar-refractivity contribution in [3.63, 3.8) is 0 Å². The summed E-state index contributed by atoms with van der Waals surface area (Å²) in [4.78, 5) is 4.13. The Kier molecular flexibility index (Phi) is 2.69. The molecule has 0 fully saturated rings. The maximum atomic E-state index is 5.14. The van der Waals surface area contributed by atoms with E-state index in [2.05, 4.69) is 21.4 Å². The van der Waals surface area contributed by atoms with Crippen molar-refractivity contribution >= 4 is 0 Å². The van der Waals surface area contributed by atoms with Crippen molar-refractivity contribution in [3.05, 3.63) is 11.7 Å². The molecule has 0 spiro atoms. The minimum Gasteiger partial charge on any atom is -0.340 e. The molecule has 0 aromatic carbocycles. The summed E-state index contributed by atoms with van der Waals surface area (Å²) in [6, 6.07) is 0. The fourth-order valence-electron chi connectivity index (χ4n) is 0.904. The van der Waals surface area contributed by atoms with Gasteiger partial charge in [0.25, 0.3) is 0 Å². The number of terminal acetylenes is 1. The van der Waals surface area contributed by atoms with Crippen molar-refractivity contribution in [2.24, 2.45) is 0 Å². The van der Waals surface area contributed by atoms with E-state index in [1.54, 1.807) is 6.92 Å². The van der Waals surface area contributed by atoms with E-state index in [0.29, 0.717) is 18.3 Å². The van der Waals surface area contributed by atoms with Crippen molar-refractivity contribution in [2.75, 3.05) is 6.54 Å². The van der Waals surface area contributed by atoms with Crippen LogP contribution >= 0.6 is 0 Å².